The number of hydrogen-bond acceptors (Lipinski definition) is 3. The van der Waals surface area contributed by atoms with Gasteiger partial charge in [-0.15, -0.1) is 0 Å². The topological polar surface area (TPSA) is 66.5 Å². The van der Waals surface area contributed by atoms with Crippen LogP contribution in [0.3, 0.4) is 0 Å². The lowest BCUT2D eigenvalue weighted by atomic mass is 9.93. The molecule has 1 aliphatic rings. The zero-order chi connectivity index (χ0) is 17.0. The molecule has 0 saturated carbocycles. The summed E-state index contributed by atoms with van der Waals surface area (Å²) >= 11 is 0. The minimum atomic E-state index is -3.24. The highest BCUT2D eigenvalue weighted by Gasteiger charge is 2.31. The van der Waals surface area contributed by atoms with Crippen LogP contribution in [0.15, 0.2) is 30.3 Å². The van der Waals surface area contributed by atoms with Gasteiger partial charge in [-0.05, 0) is 24.3 Å². The minimum absolute atomic E-state index is 0.0547. The van der Waals surface area contributed by atoms with Crippen LogP contribution in [0.25, 0.3) is 0 Å². The summed E-state index contributed by atoms with van der Waals surface area (Å²) in [7, 11) is -3.24. The van der Waals surface area contributed by atoms with Gasteiger partial charge in [-0.2, -0.15) is 0 Å². The maximum Gasteiger partial charge on any atom is 0.224 e. The van der Waals surface area contributed by atoms with Gasteiger partial charge in [0.1, 0.15) is 0 Å². The Morgan fingerprint density at radius 1 is 1.26 bits per heavy atom. The van der Waals surface area contributed by atoms with Crippen molar-refractivity contribution in [3.05, 3.63) is 35.9 Å². The third-order valence-electron chi connectivity index (χ3n) is 4.35. The van der Waals surface area contributed by atoms with Gasteiger partial charge < -0.3 is 5.32 Å². The predicted molar refractivity (Wildman–Crippen MR) is 91.3 cm³/mol. The highest BCUT2D eigenvalue weighted by Crippen LogP contribution is 2.24. The molecule has 23 heavy (non-hydrogen) atoms. The van der Waals surface area contributed by atoms with Crippen LogP contribution in [-0.2, 0) is 14.8 Å². The second-order valence-electron chi connectivity index (χ2n) is 6.60. The smallest absolute Gasteiger partial charge is 0.224 e. The van der Waals surface area contributed by atoms with E-state index < -0.39 is 10.0 Å². The lowest BCUT2D eigenvalue weighted by Crippen LogP contribution is -2.46. The molecule has 1 amide bonds. The first-order valence-corrected chi connectivity index (χ1v) is 9.94. The zero-order valence-corrected chi connectivity index (χ0v) is 14.8. The molecule has 0 bridgehead atoms. The molecule has 1 heterocycles. The van der Waals surface area contributed by atoms with Crippen LogP contribution >= 0.6 is 0 Å². The number of carbonyl (C=O) groups excluding carboxylic acids is 1. The van der Waals surface area contributed by atoms with Crippen molar-refractivity contribution in [1.29, 1.82) is 0 Å². The Bertz CT molecular complexity index is 628. The third kappa shape index (κ3) is 4.78. The van der Waals surface area contributed by atoms with Crippen molar-refractivity contribution in [1.82, 2.24) is 9.62 Å². The van der Waals surface area contributed by atoms with E-state index in [4.69, 9.17) is 0 Å². The Hall–Kier alpha value is -1.40. The van der Waals surface area contributed by atoms with Crippen molar-refractivity contribution in [2.75, 3.05) is 19.3 Å². The van der Waals surface area contributed by atoms with Gasteiger partial charge in [-0.1, -0.05) is 44.2 Å². The molecule has 0 unspecified atom stereocenters. The summed E-state index contributed by atoms with van der Waals surface area (Å²) in [4.78, 5) is 12.6. The summed E-state index contributed by atoms with van der Waals surface area (Å²) in [6.45, 7) is 4.93. The average molecular weight is 338 g/mol. The number of sulfonamides is 1. The molecule has 0 radical (unpaired) electrons. The fourth-order valence-corrected chi connectivity index (χ4v) is 3.94. The van der Waals surface area contributed by atoms with Crippen molar-refractivity contribution >= 4 is 15.9 Å². The first kappa shape index (κ1) is 17.9. The van der Waals surface area contributed by atoms with Crippen LogP contribution in [-0.4, -0.2) is 38.0 Å². The normalized spacial score (nSPS) is 21.1. The summed E-state index contributed by atoms with van der Waals surface area (Å²) in [5, 5.41) is 3.11. The molecule has 0 aliphatic carbocycles. The third-order valence-corrected chi connectivity index (χ3v) is 5.62. The number of rotatable bonds is 5. The monoisotopic (exact) mass is 338 g/mol. The van der Waals surface area contributed by atoms with E-state index in [1.54, 1.807) is 0 Å². The Kier molecular flexibility index (Phi) is 5.81. The molecule has 1 N–H and O–H groups in total. The van der Waals surface area contributed by atoms with Gasteiger partial charge >= 0.3 is 0 Å². The van der Waals surface area contributed by atoms with E-state index in [1.165, 1.54) is 10.6 Å². The Labute approximate surface area is 139 Å². The van der Waals surface area contributed by atoms with Crippen molar-refractivity contribution < 1.29 is 13.2 Å². The van der Waals surface area contributed by atoms with E-state index in [-0.39, 0.29) is 30.3 Å². The number of piperidine rings is 1. The number of amides is 1. The lowest BCUT2D eigenvalue weighted by molar-refractivity contribution is -0.127. The molecule has 5 nitrogen and oxygen atoms in total. The summed E-state index contributed by atoms with van der Waals surface area (Å²) in [5.41, 5.74) is 1.08. The van der Waals surface area contributed by atoms with Gasteiger partial charge in [0.2, 0.25) is 15.9 Å². The molecule has 1 aromatic carbocycles. The van der Waals surface area contributed by atoms with Crippen molar-refractivity contribution in [3.63, 3.8) is 0 Å². The van der Waals surface area contributed by atoms with E-state index in [0.29, 0.717) is 6.54 Å². The van der Waals surface area contributed by atoms with Gasteiger partial charge in [0.25, 0.3) is 0 Å². The molecule has 1 aliphatic heterocycles. The maximum atomic E-state index is 12.6. The Balaban J connectivity index is 2.07. The Morgan fingerprint density at radius 2 is 1.91 bits per heavy atom. The van der Waals surface area contributed by atoms with Crippen LogP contribution in [0, 0.1) is 11.8 Å². The number of hydrogen-bond donors (Lipinski definition) is 1. The van der Waals surface area contributed by atoms with Crippen molar-refractivity contribution in [3.8, 4) is 0 Å². The van der Waals surface area contributed by atoms with Gasteiger partial charge in [-0.3, -0.25) is 4.79 Å². The van der Waals surface area contributed by atoms with Crippen LogP contribution in [0.4, 0.5) is 0 Å². The molecule has 1 aromatic rings. The fourth-order valence-electron chi connectivity index (χ4n) is 3.02. The fraction of sp³-hybridized carbons (Fsp3) is 0.588. The maximum absolute atomic E-state index is 12.6. The van der Waals surface area contributed by atoms with E-state index in [1.807, 2.05) is 30.3 Å². The standard InChI is InChI=1S/C17H26N2O3S/c1-13(2)16(14-8-5-4-6-9-14)18-17(20)15-10-7-11-19(12-15)23(3,21)22/h4-6,8-9,13,15-16H,7,10-12H2,1-3H3,(H,18,20)/t15-,16-/m1/s1. The molecule has 1 saturated heterocycles. The highest BCUT2D eigenvalue weighted by molar-refractivity contribution is 7.88. The number of benzene rings is 1. The minimum Gasteiger partial charge on any atom is -0.349 e. The van der Waals surface area contributed by atoms with Crippen LogP contribution in [0.2, 0.25) is 0 Å². The van der Waals surface area contributed by atoms with Crippen molar-refractivity contribution in [2.45, 2.75) is 32.7 Å². The summed E-state index contributed by atoms with van der Waals surface area (Å²) in [6.07, 6.45) is 2.66. The number of nitrogens with zero attached hydrogens (tertiary/aromatic N) is 1. The first-order chi connectivity index (χ1) is 10.8. The quantitative estimate of drug-likeness (QED) is 0.895. The Morgan fingerprint density at radius 3 is 2.48 bits per heavy atom. The van der Waals surface area contributed by atoms with Crippen LogP contribution in [0.5, 0.6) is 0 Å². The number of carbonyl (C=O) groups is 1. The molecule has 6 heteroatoms. The lowest BCUT2D eigenvalue weighted by Gasteiger charge is -2.32. The average Bonchev–Trinajstić information content (AvgIpc) is 2.52. The largest absolute Gasteiger partial charge is 0.349 e. The van der Waals surface area contributed by atoms with E-state index in [9.17, 15) is 13.2 Å². The second-order valence-corrected chi connectivity index (χ2v) is 8.58. The van der Waals surface area contributed by atoms with E-state index >= 15 is 0 Å². The molecule has 0 aromatic heterocycles. The predicted octanol–water partition coefficient (Wildman–Crippen LogP) is 2.17. The van der Waals surface area contributed by atoms with Gasteiger partial charge in [0.05, 0.1) is 18.2 Å². The molecule has 128 valence electrons. The van der Waals surface area contributed by atoms with Crippen LogP contribution < -0.4 is 5.32 Å². The second kappa shape index (κ2) is 7.45. The van der Waals surface area contributed by atoms with Gasteiger partial charge in [0, 0.05) is 13.1 Å². The zero-order valence-electron chi connectivity index (χ0n) is 14.0. The number of nitrogens with one attached hydrogen (secondary N) is 1. The molecular weight excluding hydrogens is 312 g/mol. The molecule has 0 spiro atoms. The summed E-state index contributed by atoms with van der Waals surface area (Å²) in [5.74, 6) is -0.0692. The van der Waals surface area contributed by atoms with Crippen LogP contribution in [0.1, 0.15) is 38.3 Å². The van der Waals surface area contributed by atoms with E-state index in [0.717, 1.165) is 18.4 Å². The van der Waals surface area contributed by atoms with Gasteiger partial charge in [0.15, 0.2) is 0 Å². The van der Waals surface area contributed by atoms with Gasteiger partial charge in [-0.25, -0.2) is 12.7 Å². The molecule has 1 fully saturated rings. The first-order valence-electron chi connectivity index (χ1n) is 8.09. The molecule has 2 atom stereocenters. The SMILES string of the molecule is CC(C)[C@@H](NC(=O)[C@@H]1CCCN(S(C)(=O)=O)C1)c1ccccc1. The molecular formula is C17H26N2O3S. The highest BCUT2D eigenvalue weighted by atomic mass is 32.2. The summed E-state index contributed by atoms with van der Waals surface area (Å²) in [6, 6.07) is 9.83. The van der Waals surface area contributed by atoms with Crippen molar-refractivity contribution in [2.24, 2.45) is 11.8 Å². The molecule has 2 rings (SSSR count). The van der Waals surface area contributed by atoms with E-state index in [2.05, 4.69) is 19.2 Å². The summed E-state index contributed by atoms with van der Waals surface area (Å²) < 4.78 is 24.8.